The summed E-state index contributed by atoms with van der Waals surface area (Å²) >= 11 is 0. The molecule has 3 atom stereocenters. The zero-order valence-corrected chi connectivity index (χ0v) is 11.3. The van der Waals surface area contributed by atoms with E-state index in [2.05, 4.69) is 0 Å². The molecule has 0 aromatic rings. The van der Waals surface area contributed by atoms with Gasteiger partial charge in [-0.2, -0.15) is 13.2 Å². The third-order valence-electron chi connectivity index (χ3n) is 3.90. The summed E-state index contributed by atoms with van der Waals surface area (Å²) in [4.78, 5) is 13.5. The highest BCUT2D eigenvalue weighted by Gasteiger charge is 2.34. The topological polar surface area (TPSA) is 58.4 Å². The number of carbonyl (C=O) groups is 1. The quantitative estimate of drug-likeness (QED) is 0.794. The second-order valence-electron chi connectivity index (χ2n) is 5.17. The van der Waals surface area contributed by atoms with E-state index in [1.54, 1.807) is 14.0 Å². The number of hydrogen-bond acceptors (Lipinski definition) is 3. The summed E-state index contributed by atoms with van der Waals surface area (Å²) in [6.07, 6.45) is -1.37. The van der Waals surface area contributed by atoms with Crippen LogP contribution < -0.4 is 11.1 Å². The molecule has 1 saturated carbocycles. The first kappa shape index (κ1) is 16.2. The fourth-order valence-electron chi connectivity index (χ4n) is 2.64. The lowest BCUT2D eigenvalue weighted by molar-refractivity contribution is -0.141. The minimum Gasteiger partial charge on any atom is -0.346 e. The number of amides is 1. The van der Waals surface area contributed by atoms with E-state index in [0.717, 1.165) is 19.3 Å². The molecule has 0 aliphatic heterocycles. The predicted molar refractivity (Wildman–Crippen MR) is 66.5 cm³/mol. The van der Waals surface area contributed by atoms with Gasteiger partial charge in [0.2, 0.25) is 5.91 Å². The summed E-state index contributed by atoms with van der Waals surface area (Å²) in [5, 5.41) is 1.92. The van der Waals surface area contributed by atoms with Crippen LogP contribution >= 0.6 is 0 Å². The van der Waals surface area contributed by atoms with Crippen LogP contribution in [0.15, 0.2) is 0 Å². The van der Waals surface area contributed by atoms with Crippen LogP contribution in [0.3, 0.4) is 0 Å². The highest BCUT2D eigenvalue weighted by atomic mass is 19.4. The first-order valence-electron chi connectivity index (χ1n) is 6.52. The van der Waals surface area contributed by atoms with Crippen molar-refractivity contribution in [3.05, 3.63) is 0 Å². The van der Waals surface area contributed by atoms with Gasteiger partial charge in [0, 0.05) is 6.04 Å². The van der Waals surface area contributed by atoms with E-state index >= 15 is 0 Å². The first-order valence-corrected chi connectivity index (χ1v) is 6.52. The van der Waals surface area contributed by atoms with Crippen molar-refractivity contribution in [2.24, 2.45) is 11.7 Å². The molecule has 0 radical (unpaired) electrons. The number of nitrogens with zero attached hydrogens (tertiary/aromatic N) is 1. The summed E-state index contributed by atoms with van der Waals surface area (Å²) in [7, 11) is 1.77. The Bertz CT molecular complexity index is 309. The summed E-state index contributed by atoms with van der Waals surface area (Å²) < 4.78 is 36.2. The molecule has 0 aromatic heterocycles. The number of rotatable bonds is 5. The van der Waals surface area contributed by atoms with E-state index in [-0.39, 0.29) is 6.04 Å². The molecule has 1 amide bonds. The molecule has 7 heteroatoms. The van der Waals surface area contributed by atoms with Crippen molar-refractivity contribution in [2.45, 2.75) is 44.4 Å². The molecule has 0 bridgehead atoms. The molecule has 19 heavy (non-hydrogen) atoms. The van der Waals surface area contributed by atoms with Gasteiger partial charge in [0.15, 0.2) is 0 Å². The normalized spacial score (nSPS) is 25.6. The highest BCUT2D eigenvalue weighted by molar-refractivity contribution is 5.81. The molecule has 4 nitrogen and oxygen atoms in total. The maximum atomic E-state index is 12.1. The Hall–Kier alpha value is -0.820. The van der Waals surface area contributed by atoms with Crippen molar-refractivity contribution in [1.29, 1.82) is 0 Å². The van der Waals surface area contributed by atoms with Gasteiger partial charge in [-0.3, -0.25) is 9.69 Å². The van der Waals surface area contributed by atoms with E-state index in [1.165, 1.54) is 0 Å². The summed E-state index contributed by atoms with van der Waals surface area (Å²) in [6.45, 7) is 0.887. The molecular weight excluding hydrogens is 259 g/mol. The molecule has 0 saturated heterocycles. The number of alkyl halides is 3. The van der Waals surface area contributed by atoms with Crippen molar-refractivity contribution in [3.63, 3.8) is 0 Å². The van der Waals surface area contributed by atoms with Crippen LogP contribution in [0.1, 0.15) is 26.2 Å². The minimum atomic E-state index is -4.37. The molecule has 1 fully saturated rings. The van der Waals surface area contributed by atoms with Crippen LogP contribution in [0.5, 0.6) is 0 Å². The minimum absolute atomic E-state index is 0.177. The van der Waals surface area contributed by atoms with Crippen LogP contribution in [0.4, 0.5) is 13.2 Å². The van der Waals surface area contributed by atoms with Crippen molar-refractivity contribution in [3.8, 4) is 0 Å². The third kappa shape index (κ3) is 4.65. The van der Waals surface area contributed by atoms with Crippen molar-refractivity contribution >= 4 is 5.91 Å². The Morgan fingerprint density at radius 1 is 1.47 bits per heavy atom. The summed E-state index contributed by atoms with van der Waals surface area (Å²) in [6, 6.07) is -0.406. The standard InChI is InChI=1S/C12H22F3N3O/c1-8(11(19)17-7-12(13,14)15)18(2)10-5-3-4-9(10)6-16/h8-10H,3-7,16H2,1-2H3,(H,17,19). The van der Waals surface area contributed by atoms with Gasteiger partial charge in [-0.15, -0.1) is 0 Å². The average molecular weight is 281 g/mol. The van der Waals surface area contributed by atoms with Crippen LogP contribution in [0.2, 0.25) is 0 Å². The number of carbonyl (C=O) groups excluding carboxylic acids is 1. The predicted octanol–water partition coefficient (Wildman–Crippen LogP) is 1.11. The maximum absolute atomic E-state index is 12.1. The molecule has 3 unspecified atom stereocenters. The maximum Gasteiger partial charge on any atom is 0.405 e. The Morgan fingerprint density at radius 2 is 2.11 bits per heavy atom. The van der Waals surface area contributed by atoms with Gasteiger partial charge in [0.1, 0.15) is 6.54 Å². The Morgan fingerprint density at radius 3 is 2.63 bits per heavy atom. The Labute approximate surface area is 111 Å². The molecule has 112 valence electrons. The van der Waals surface area contributed by atoms with Gasteiger partial charge in [-0.25, -0.2) is 0 Å². The molecular formula is C12H22F3N3O. The summed E-state index contributed by atoms with van der Waals surface area (Å²) in [5.41, 5.74) is 5.68. The van der Waals surface area contributed by atoms with Gasteiger partial charge >= 0.3 is 6.18 Å². The number of hydrogen-bond donors (Lipinski definition) is 2. The number of halogens is 3. The molecule has 0 heterocycles. The van der Waals surface area contributed by atoms with Crippen molar-refractivity contribution in [1.82, 2.24) is 10.2 Å². The fraction of sp³-hybridized carbons (Fsp3) is 0.917. The van der Waals surface area contributed by atoms with E-state index < -0.39 is 24.7 Å². The monoisotopic (exact) mass is 281 g/mol. The highest BCUT2D eigenvalue weighted by Crippen LogP contribution is 2.29. The van der Waals surface area contributed by atoms with Crippen molar-refractivity contribution < 1.29 is 18.0 Å². The lowest BCUT2D eigenvalue weighted by Crippen LogP contribution is -2.51. The number of nitrogens with one attached hydrogen (secondary N) is 1. The smallest absolute Gasteiger partial charge is 0.346 e. The van der Waals surface area contributed by atoms with Crippen molar-refractivity contribution in [2.75, 3.05) is 20.1 Å². The molecule has 3 N–H and O–H groups in total. The second-order valence-corrected chi connectivity index (χ2v) is 5.17. The van der Waals surface area contributed by atoms with Crippen LogP contribution in [0, 0.1) is 5.92 Å². The zero-order chi connectivity index (χ0) is 14.6. The van der Waals surface area contributed by atoms with Crippen LogP contribution in [0.25, 0.3) is 0 Å². The first-order chi connectivity index (χ1) is 8.76. The molecule has 1 rings (SSSR count). The zero-order valence-electron chi connectivity index (χ0n) is 11.3. The van der Waals surface area contributed by atoms with Gasteiger partial charge in [-0.05, 0) is 39.3 Å². The molecule has 0 spiro atoms. The Balaban J connectivity index is 2.51. The SMILES string of the molecule is CC(C(=O)NCC(F)(F)F)N(C)C1CCCC1CN. The van der Waals surface area contributed by atoms with Gasteiger partial charge < -0.3 is 11.1 Å². The molecule has 1 aliphatic carbocycles. The van der Waals surface area contributed by atoms with Crippen LogP contribution in [-0.2, 0) is 4.79 Å². The second kappa shape index (κ2) is 6.56. The fourth-order valence-corrected chi connectivity index (χ4v) is 2.64. The lowest BCUT2D eigenvalue weighted by Gasteiger charge is -2.33. The number of nitrogens with two attached hydrogens (primary N) is 1. The summed E-state index contributed by atoms with van der Waals surface area (Å²) in [5.74, 6) is -0.273. The van der Waals surface area contributed by atoms with E-state index in [9.17, 15) is 18.0 Å². The van der Waals surface area contributed by atoms with Gasteiger partial charge in [-0.1, -0.05) is 6.42 Å². The Kier molecular flexibility index (Phi) is 5.61. The largest absolute Gasteiger partial charge is 0.405 e. The van der Waals surface area contributed by atoms with Gasteiger partial charge in [0.25, 0.3) is 0 Å². The third-order valence-corrected chi connectivity index (χ3v) is 3.90. The van der Waals surface area contributed by atoms with E-state index in [4.69, 9.17) is 5.73 Å². The number of likely N-dealkylation sites (N-methyl/N-ethyl adjacent to an activating group) is 1. The molecule has 1 aliphatic rings. The van der Waals surface area contributed by atoms with Crippen LogP contribution in [-0.4, -0.2) is 49.2 Å². The van der Waals surface area contributed by atoms with Gasteiger partial charge in [0.05, 0.1) is 6.04 Å². The average Bonchev–Trinajstić information content (AvgIpc) is 2.81. The molecule has 0 aromatic carbocycles. The van der Waals surface area contributed by atoms with E-state index in [0.29, 0.717) is 12.5 Å². The van der Waals surface area contributed by atoms with E-state index in [1.807, 2.05) is 10.2 Å². The lowest BCUT2D eigenvalue weighted by atomic mass is 10.0.